The first-order valence-corrected chi connectivity index (χ1v) is 5.81. The molecule has 0 saturated carbocycles. The number of nitrogens with two attached hydrogens (primary N) is 1. The lowest BCUT2D eigenvalue weighted by atomic mass is 10.1. The molecule has 0 aliphatic rings. The Morgan fingerprint density at radius 1 is 1.18 bits per heavy atom. The number of pyridine rings is 1. The van der Waals surface area contributed by atoms with Gasteiger partial charge in [-0.2, -0.15) is 5.10 Å². The van der Waals surface area contributed by atoms with Crippen LogP contribution in [0.5, 0.6) is 0 Å². The average molecular weight is 243 g/mol. The molecule has 0 saturated heterocycles. The summed E-state index contributed by atoms with van der Waals surface area (Å²) >= 11 is 1.51. The van der Waals surface area contributed by atoms with Crippen LogP contribution in [-0.2, 0) is 0 Å². The zero-order valence-electron chi connectivity index (χ0n) is 8.79. The van der Waals surface area contributed by atoms with Crippen molar-refractivity contribution in [3.8, 4) is 0 Å². The van der Waals surface area contributed by atoms with Gasteiger partial charge in [0.25, 0.3) is 0 Å². The Hall–Kier alpha value is -2.08. The fraction of sp³-hybridized carbons (Fsp3) is 0. The van der Waals surface area contributed by atoms with Gasteiger partial charge in [-0.1, -0.05) is 0 Å². The number of hydrogen-bond acceptors (Lipinski definition) is 5. The molecule has 0 fully saturated rings. The standard InChI is InChI=1S/C11H9N5S/c12-9-1-2-10(17-11-14-6-15-16-11)8-5-13-4-3-7(8)9/h1-6H,12H2,(H,14,15,16). The molecule has 0 amide bonds. The van der Waals surface area contributed by atoms with Crippen LogP contribution in [0.2, 0.25) is 0 Å². The molecule has 0 bridgehead atoms. The van der Waals surface area contributed by atoms with Gasteiger partial charge >= 0.3 is 0 Å². The van der Waals surface area contributed by atoms with Gasteiger partial charge in [-0.05, 0) is 30.0 Å². The van der Waals surface area contributed by atoms with E-state index < -0.39 is 0 Å². The number of fused-ring (bicyclic) bond motifs is 1. The predicted molar refractivity (Wildman–Crippen MR) is 66.7 cm³/mol. The number of nitrogens with zero attached hydrogens (tertiary/aromatic N) is 3. The second-order valence-corrected chi connectivity index (χ2v) is 4.50. The molecule has 0 radical (unpaired) electrons. The lowest BCUT2D eigenvalue weighted by molar-refractivity contribution is 0.974. The van der Waals surface area contributed by atoms with Crippen LogP contribution in [0, 0.1) is 0 Å². The number of benzene rings is 1. The summed E-state index contributed by atoms with van der Waals surface area (Å²) in [6.45, 7) is 0. The molecular formula is C11H9N5S. The van der Waals surface area contributed by atoms with Gasteiger partial charge in [-0.15, -0.1) is 0 Å². The van der Waals surface area contributed by atoms with E-state index in [1.54, 1.807) is 6.20 Å². The Balaban J connectivity index is 2.14. The molecule has 3 aromatic rings. The molecule has 0 aliphatic heterocycles. The number of rotatable bonds is 2. The molecule has 17 heavy (non-hydrogen) atoms. The molecular weight excluding hydrogens is 234 g/mol. The number of nitrogen functional groups attached to an aromatic ring is 1. The van der Waals surface area contributed by atoms with Crippen LogP contribution in [0.1, 0.15) is 0 Å². The molecule has 0 atom stereocenters. The quantitative estimate of drug-likeness (QED) is 0.673. The van der Waals surface area contributed by atoms with Crippen molar-refractivity contribution < 1.29 is 0 Å². The van der Waals surface area contributed by atoms with Crippen molar-refractivity contribution in [2.75, 3.05) is 5.73 Å². The second-order valence-electron chi connectivity index (χ2n) is 3.47. The van der Waals surface area contributed by atoms with Crippen LogP contribution < -0.4 is 5.73 Å². The van der Waals surface area contributed by atoms with Gasteiger partial charge in [0, 0.05) is 33.7 Å². The van der Waals surface area contributed by atoms with Gasteiger partial charge in [0.15, 0.2) is 5.16 Å². The Kier molecular flexibility index (Phi) is 2.41. The smallest absolute Gasteiger partial charge is 0.188 e. The van der Waals surface area contributed by atoms with Gasteiger partial charge < -0.3 is 5.73 Å². The van der Waals surface area contributed by atoms with Gasteiger partial charge in [-0.25, -0.2) is 4.98 Å². The Labute approximate surface area is 101 Å². The van der Waals surface area contributed by atoms with E-state index in [9.17, 15) is 0 Å². The number of aromatic amines is 1. The van der Waals surface area contributed by atoms with Crippen molar-refractivity contribution in [3.05, 3.63) is 36.9 Å². The third-order valence-corrected chi connectivity index (χ3v) is 3.38. The van der Waals surface area contributed by atoms with E-state index in [4.69, 9.17) is 5.73 Å². The molecule has 0 spiro atoms. The normalized spacial score (nSPS) is 10.8. The average Bonchev–Trinajstić information content (AvgIpc) is 2.86. The minimum Gasteiger partial charge on any atom is -0.398 e. The van der Waals surface area contributed by atoms with Crippen LogP contribution in [0.3, 0.4) is 0 Å². The molecule has 5 nitrogen and oxygen atoms in total. The fourth-order valence-corrected chi connectivity index (χ4v) is 2.44. The van der Waals surface area contributed by atoms with Gasteiger partial charge in [-0.3, -0.25) is 10.1 Å². The summed E-state index contributed by atoms with van der Waals surface area (Å²) in [5, 5.41) is 9.41. The zero-order chi connectivity index (χ0) is 11.7. The second kappa shape index (κ2) is 4.06. The van der Waals surface area contributed by atoms with E-state index in [1.807, 2.05) is 24.4 Å². The van der Waals surface area contributed by atoms with Crippen molar-refractivity contribution >= 4 is 28.2 Å². The maximum Gasteiger partial charge on any atom is 0.188 e. The highest BCUT2D eigenvalue weighted by Gasteiger charge is 2.07. The van der Waals surface area contributed by atoms with Gasteiger partial charge in [0.1, 0.15) is 6.33 Å². The highest BCUT2D eigenvalue weighted by molar-refractivity contribution is 7.99. The van der Waals surface area contributed by atoms with E-state index in [-0.39, 0.29) is 0 Å². The van der Waals surface area contributed by atoms with Crippen molar-refractivity contribution in [2.24, 2.45) is 0 Å². The molecule has 2 heterocycles. The summed E-state index contributed by atoms with van der Waals surface area (Å²) in [5.74, 6) is 0. The number of H-pyrrole nitrogens is 1. The number of anilines is 1. The third-order valence-electron chi connectivity index (χ3n) is 2.41. The summed E-state index contributed by atoms with van der Waals surface area (Å²) in [4.78, 5) is 9.27. The summed E-state index contributed by atoms with van der Waals surface area (Å²) in [6, 6.07) is 5.77. The molecule has 0 aliphatic carbocycles. The van der Waals surface area contributed by atoms with E-state index in [0.29, 0.717) is 0 Å². The van der Waals surface area contributed by atoms with E-state index >= 15 is 0 Å². The van der Waals surface area contributed by atoms with Crippen molar-refractivity contribution in [2.45, 2.75) is 10.1 Å². The van der Waals surface area contributed by atoms with Crippen molar-refractivity contribution in [1.82, 2.24) is 20.2 Å². The molecule has 6 heteroatoms. The zero-order valence-corrected chi connectivity index (χ0v) is 9.61. The van der Waals surface area contributed by atoms with E-state index in [1.165, 1.54) is 18.1 Å². The molecule has 1 aromatic carbocycles. The monoisotopic (exact) mass is 243 g/mol. The Bertz CT molecular complexity index is 650. The van der Waals surface area contributed by atoms with Crippen LogP contribution in [0.15, 0.2) is 47.0 Å². The Morgan fingerprint density at radius 3 is 2.94 bits per heavy atom. The molecule has 3 rings (SSSR count). The van der Waals surface area contributed by atoms with Gasteiger partial charge in [0.2, 0.25) is 0 Å². The summed E-state index contributed by atoms with van der Waals surface area (Å²) in [6.07, 6.45) is 5.03. The first-order valence-electron chi connectivity index (χ1n) is 5.00. The van der Waals surface area contributed by atoms with E-state index in [2.05, 4.69) is 20.2 Å². The largest absolute Gasteiger partial charge is 0.398 e. The molecule has 0 unspecified atom stereocenters. The van der Waals surface area contributed by atoms with Crippen molar-refractivity contribution in [3.63, 3.8) is 0 Å². The topological polar surface area (TPSA) is 80.5 Å². The SMILES string of the molecule is Nc1ccc(Sc2ncn[nH]2)c2cnccc12. The predicted octanol–water partition coefficient (Wildman–Crippen LogP) is 2.09. The Morgan fingerprint density at radius 2 is 2.12 bits per heavy atom. The molecule has 84 valence electrons. The number of aromatic nitrogens is 4. The first-order chi connectivity index (χ1) is 8.34. The molecule has 3 N–H and O–H groups in total. The number of nitrogens with one attached hydrogen (secondary N) is 1. The minimum atomic E-state index is 0.750. The number of hydrogen-bond donors (Lipinski definition) is 2. The maximum absolute atomic E-state index is 5.93. The van der Waals surface area contributed by atoms with E-state index in [0.717, 1.165) is 26.5 Å². The van der Waals surface area contributed by atoms with Crippen molar-refractivity contribution in [1.29, 1.82) is 0 Å². The lowest BCUT2D eigenvalue weighted by Crippen LogP contribution is -1.89. The lowest BCUT2D eigenvalue weighted by Gasteiger charge is -2.06. The summed E-state index contributed by atoms with van der Waals surface area (Å²) in [5.41, 5.74) is 6.68. The van der Waals surface area contributed by atoms with Crippen LogP contribution in [-0.4, -0.2) is 20.2 Å². The summed E-state index contributed by atoms with van der Waals surface area (Å²) < 4.78 is 0. The first kappa shape index (κ1) is 10.1. The summed E-state index contributed by atoms with van der Waals surface area (Å²) in [7, 11) is 0. The van der Waals surface area contributed by atoms with Gasteiger partial charge in [0.05, 0.1) is 0 Å². The maximum atomic E-state index is 5.93. The van der Waals surface area contributed by atoms with Crippen LogP contribution in [0.25, 0.3) is 10.8 Å². The molecule has 2 aromatic heterocycles. The third kappa shape index (κ3) is 1.83. The highest BCUT2D eigenvalue weighted by Crippen LogP contribution is 2.33. The minimum absolute atomic E-state index is 0.750. The fourth-order valence-electron chi connectivity index (χ4n) is 1.62. The van der Waals surface area contributed by atoms with Crippen LogP contribution >= 0.6 is 11.8 Å². The highest BCUT2D eigenvalue weighted by atomic mass is 32.2. The van der Waals surface area contributed by atoms with Crippen LogP contribution in [0.4, 0.5) is 5.69 Å².